The summed E-state index contributed by atoms with van der Waals surface area (Å²) in [4.78, 5) is 17.9. The van der Waals surface area contributed by atoms with E-state index in [2.05, 4.69) is 10.3 Å². The number of halogens is 1. The van der Waals surface area contributed by atoms with Crippen LogP contribution in [0.1, 0.15) is 20.8 Å². The molecule has 0 aliphatic heterocycles. The molecule has 0 spiro atoms. The van der Waals surface area contributed by atoms with Crippen molar-refractivity contribution in [2.75, 3.05) is 16.8 Å². The van der Waals surface area contributed by atoms with E-state index in [1.165, 1.54) is 11.3 Å². The molecule has 6 N–H and O–H groups in total. The first-order valence-electron chi connectivity index (χ1n) is 9.17. The highest BCUT2D eigenvalue weighted by Crippen LogP contribution is 2.35. The van der Waals surface area contributed by atoms with Crippen LogP contribution in [0.2, 0.25) is 5.02 Å². The van der Waals surface area contributed by atoms with Gasteiger partial charge in [0.25, 0.3) is 11.7 Å². The molecule has 0 aliphatic rings. The number of carbonyl (C=O) groups excluding carboxylic acids is 1. The first-order chi connectivity index (χ1) is 15.0. The molecule has 9 heteroatoms. The number of thioether (sulfide) groups is 1. The van der Waals surface area contributed by atoms with Crippen molar-refractivity contribution < 1.29 is 9.78 Å². The van der Waals surface area contributed by atoms with Gasteiger partial charge in [0.05, 0.1) is 16.8 Å². The van der Waals surface area contributed by atoms with Gasteiger partial charge in [0, 0.05) is 15.7 Å². The summed E-state index contributed by atoms with van der Waals surface area (Å²) in [5, 5.41) is 13.4. The van der Waals surface area contributed by atoms with E-state index in [1.807, 2.05) is 54.6 Å². The highest BCUT2D eigenvalue weighted by molar-refractivity contribution is 7.98. The predicted octanol–water partition coefficient (Wildman–Crippen LogP) is 4.95. The summed E-state index contributed by atoms with van der Waals surface area (Å²) < 4.78 is 0. The first kappa shape index (κ1) is 21.0. The second-order valence-electron chi connectivity index (χ2n) is 6.66. The third-order valence-corrected chi connectivity index (χ3v) is 7.11. The summed E-state index contributed by atoms with van der Waals surface area (Å²) in [6.45, 7) is 0. The Bertz CT molecular complexity index is 1330. The minimum absolute atomic E-state index is 0.243. The highest BCUT2D eigenvalue weighted by Gasteiger charge is 2.21. The number of aromatic nitrogens is 1. The smallest absolute Gasteiger partial charge is 0.289 e. The zero-order valence-corrected chi connectivity index (χ0v) is 18.5. The van der Waals surface area contributed by atoms with Crippen LogP contribution in [0.4, 0.5) is 17.2 Å². The van der Waals surface area contributed by atoms with Crippen LogP contribution in [0.3, 0.4) is 0 Å². The van der Waals surface area contributed by atoms with E-state index in [9.17, 15) is 10.1 Å². The van der Waals surface area contributed by atoms with Crippen molar-refractivity contribution in [3.63, 3.8) is 0 Å². The number of hydrogen-bond acceptors (Lipinski definition) is 6. The third-order valence-electron chi connectivity index (χ3n) is 4.58. The second-order valence-corrected chi connectivity index (χ2v) is 9.14. The molecule has 2 aromatic carbocycles. The Morgan fingerprint density at radius 3 is 2.68 bits per heavy atom. The van der Waals surface area contributed by atoms with Crippen molar-refractivity contribution in [2.45, 2.75) is 10.6 Å². The number of nitrogen functional groups attached to an aromatic ring is 2. The van der Waals surface area contributed by atoms with Gasteiger partial charge in [-0.05, 0) is 35.9 Å². The average Bonchev–Trinajstić information content (AvgIpc) is 3.09. The molecular formula is C22H17ClN5OS2+. The van der Waals surface area contributed by atoms with Crippen molar-refractivity contribution in [1.82, 2.24) is 0 Å². The number of para-hydroxylation sites is 1. The van der Waals surface area contributed by atoms with Crippen LogP contribution >= 0.6 is 34.7 Å². The van der Waals surface area contributed by atoms with E-state index < -0.39 is 0 Å². The van der Waals surface area contributed by atoms with Crippen LogP contribution in [0, 0.1) is 11.3 Å². The molecular weight excluding hydrogens is 450 g/mol. The van der Waals surface area contributed by atoms with Crippen molar-refractivity contribution in [3.8, 4) is 6.07 Å². The Morgan fingerprint density at radius 2 is 1.94 bits per heavy atom. The maximum atomic E-state index is 13.0. The van der Waals surface area contributed by atoms with Gasteiger partial charge in [-0.15, -0.1) is 11.8 Å². The topological polar surface area (TPSA) is 119 Å². The van der Waals surface area contributed by atoms with Gasteiger partial charge in [-0.25, -0.2) is 4.98 Å². The highest BCUT2D eigenvalue weighted by atomic mass is 35.5. The summed E-state index contributed by atoms with van der Waals surface area (Å²) in [7, 11) is 0. The number of H-pyrrole nitrogens is 1. The molecule has 4 aromatic rings. The number of nitrogens with one attached hydrogen (secondary N) is 2. The van der Waals surface area contributed by atoms with E-state index in [4.69, 9.17) is 23.1 Å². The number of nitriles is 1. The summed E-state index contributed by atoms with van der Waals surface area (Å²) in [5.74, 6) is 0.663. The Morgan fingerprint density at radius 1 is 1.19 bits per heavy atom. The number of hydrogen-bond donors (Lipinski definition) is 3. The van der Waals surface area contributed by atoms with Crippen molar-refractivity contribution >= 4 is 68.0 Å². The fourth-order valence-corrected chi connectivity index (χ4v) is 5.08. The van der Waals surface area contributed by atoms with Gasteiger partial charge in [0.1, 0.15) is 16.5 Å². The number of nitrogens with zero attached hydrogens (tertiary/aromatic N) is 1. The molecule has 0 saturated carbocycles. The number of benzene rings is 2. The van der Waals surface area contributed by atoms with Gasteiger partial charge >= 0.3 is 0 Å². The molecule has 0 radical (unpaired) electrons. The van der Waals surface area contributed by atoms with Crippen LogP contribution in [0.25, 0.3) is 10.2 Å². The number of nitrogens with two attached hydrogens (primary N) is 2. The second kappa shape index (κ2) is 8.86. The maximum Gasteiger partial charge on any atom is 0.289 e. The molecule has 2 heterocycles. The zero-order valence-electron chi connectivity index (χ0n) is 16.1. The lowest BCUT2D eigenvalue weighted by molar-refractivity contribution is -0.323. The van der Waals surface area contributed by atoms with Gasteiger partial charge in [-0.1, -0.05) is 47.2 Å². The Balaban J connectivity index is 1.57. The molecule has 0 atom stereocenters. The van der Waals surface area contributed by atoms with Crippen molar-refractivity contribution in [3.05, 3.63) is 75.6 Å². The number of pyridine rings is 1. The van der Waals surface area contributed by atoms with Gasteiger partial charge in [-0.2, -0.15) is 5.26 Å². The first-order valence-corrected chi connectivity index (χ1v) is 11.4. The quantitative estimate of drug-likeness (QED) is 0.359. The van der Waals surface area contributed by atoms with E-state index in [0.717, 1.165) is 16.2 Å². The van der Waals surface area contributed by atoms with Gasteiger partial charge in [0.15, 0.2) is 4.83 Å². The van der Waals surface area contributed by atoms with Gasteiger partial charge < -0.3 is 11.1 Å². The van der Waals surface area contributed by atoms with E-state index in [0.29, 0.717) is 31.5 Å². The van der Waals surface area contributed by atoms with Crippen LogP contribution < -0.4 is 21.8 Å². The van der Waals surface area contributed by atoms with Crippen LogP contribution in [-0.2, 0) is 5.75 Å². The summed E-state index contributed by atoms with van der Waals surface area (Å²) in [5.41, 5.74) is 14.5. The molecule has 2 aromatic heterocycles. The standard InChI is InChI=1S/C22H16ClN5OS2/c23-14-7-5-12(6-8-14)11-30-17-4-2-1-3-16(17)27-21(29)19-18(25)15-9-13(10-24)20(26)28-22(15)31-19/h1-9H,11,25H2,(H2,26,28)(H,27,29)/p+1. The normalized spacial score (nSPS) is 10.7. The van der Waals surface area contributed by atoms with Crippen molar-refractivity contribution in [2.24, 2.45) is 0 Å². The van der Waals surface area contributed by atoms with Gasteiger partial charge in [-0.3, -0.25) is 10.5 Å². The van der Waals surface area contributed by atoms with E-state index in [-0.39, 0.29) is 17.3 Å². The minimum atomic E-state index is -0.316. The zero-order chi connectivity index (χ0) is 22.0. The third kappa shape index (κ3) is 4.44. The number of thiophene rings is 1. The molecule has 31 heavy (non-hydrogen) atoms. The lowest BCUT2D eigenvalue weighted by Gasteiger charge is -2.10. The van der Waals surface area contributed by atoms with Crippen molar-refractivity contribution in [1.29, 1.82) is 5.26 Å². The largest absolute Gasteiger partial charge is 0.397 e. The molecule has 1 amide bonds. The van der Waals surface area contributed by atoms with Crippen LogP contribution in [0.5, 0.6) is 0 Å². The molecule has 4 rings (SSSR count). The molecule has 0 bridgehead atoms. The Kier molecular flexibility index (Phi) is 6.00. The monoisotopic (exact) mass is 466 g/mol. The summed E-state index contributed by atoms with van der Waals surface area (Å²) in [6.07, 6.45) is 0. The Labute approximate surface area is 191 Å². The number of carbonyl (C=O) groups is 1. The minimum Gasteiger partial charge on any atom is -0.397 e. The summed E-state index contributed by atoms with van der Waals surface area (Å²) >= 11 is 8.76. The van der Waals surface area contributed by atoms with E-state index >= 15 is 0 Å². The molecule has 6 nitrogen and oxygen atoms in total. The number of rotatable bonds is 5. The molecule has 0 saturated heterocycles. The average molecular weight is 467 g/mol. The van der Waals surface area contributed by atoms with E-state index in [1.54, 1.807) is 17.8 Å². The fraction of sp³-hybridized carbons (Fsp3) is 0.0455. The fourth-order valence-electron chi connectivity index (χ4n) is 2.98. The van der Waals surface area contributed by atoms with Gasteiger partial charge in [0.2, 0.25) is 0 Å². The number of fused-ring (bicyclic) bond motifs is 1. The summed E-state index contributed by atoms with van der Waals surface area (Å²) in [6, 6.07) is 18.9. The maximum absolute atomic E-state index is 13.0. The number of amides is 1. The lowest BCUT2D eigenvalue weighted by atomic mass is 10.2. The Hall–Kier alpha value is -3.25. The molecule has 154 valence electrons. The lowest BCUT2D eigenvalue weighted by Crippen LogP contribution is -2.12. The molecule has 0 aliphatic carbocycles. The van der Waals surface area contributed by atoms with Crippen LogP contribution in [-0.4, -0.2) is 5.91 Å². The predicted molar refractivity (Wildman–Crippen MR) is 127 cm³/mol. The number of aromatic amines is 1. The molecule has 0 unspecified atom stereocenters. The van der Waals surface area contributed by atoms with Crippen LogP contribution in [0.15, 0.2) is 59.5 Å². The number of anilines is 3. The molecule has 0 fully saturated rings. The SMILES string of the molecule is N#Cc1cc2c(N)c(C(=O)Nc3ccccc3SCc3ccc(Cl)cc3)sc2[nH+]c1N.